The molecule has 1 atom stereocenters. The molecule has 9 heteroatoms. The van der Waals surface area contributed by atoms with Crippen LogP contribution in [0.15, 0.2) is 29.9 Å². The van der Waals surface area contributed by atoms with Crippen LogP contribution in [0.2, 0.25) is 0 Å². The van der Waals surface area contributed by atoms with Crippen LogP contribution >= 0.6 is 11.3 Å². The smallest absolute Gasteiger partial charge is 0.215 e. The number of hydrogen-bond acceptors (Lipinski definition) is 5. The first-order chi connectivity index (χ1) is 9.87. The number of aliphatic hydroxyl groups excluding tert-OH is 1. The van der Waals surface area contributed by atoms with Gasteiger partial charge in [-0.25, -0.2) is 21.9 Å². The summed E-state index contributed by atoms with van der Waals surface area (Å²) in [6.45, 7) is -0.243. The average molecular weight is 334 g/mol. The van der Waals surface area contributed by atoms with Crippen molar-refractivity contribution in [1.82, 2.24) is 9.71 Å². The van der Waals surface area contributed by atoms with Crippen LogP contribution in [0, 0.1) is 11.6 Å². The second kappa shape index (κ2) is 6.56. The van der Waals surface area contributed by atoms with Gasteiger partial charge in [0.25, 0.3) is 0 Å². The minimum Gasteiger partial charge on any atom is -0.386 e. The summed E-state index contributed by atoms with van der Waals surface area (Å²) >= 11 is 1.19. The molecule has 0 aliphatic carbocycles. The van der Waals surface area contributed by atoms with E-state index in [-0.39, 0.29) is 12.1 Å². The van der Waals surface area contributed by atoms with Gasteiger partial charge in [-0.15, -0.1) is 11.3 Å². The molecule has 0 fully saturated rings. The van der Waals surface area contributed by atoms with E-state index in [4.69, 9.17) is 0 Å². The lowest BCUT2D eigenvalue weighted by atomic mass is 10.2. The first kappa shape index (κ1) is 16.0. The Hall–Kier alpha value is -1.42. The Morgan fingerprint density at radius 3 is 2.76 bits per heavy atom. The summed E-state index contributed by atoms with van der Waals surface area (Å²) in [6, 6.07) is 2.68. The summed E-state index contributed by atoms with van der Waals surface area (Å²) < 4.78 is 52.0. The molecule has 1 aromatic carbocycles. The molecule has 1 heterocycles. The number of thiazole rings is 1. The van der Waals surface area contributed by atoms with Gasteiger partial charge in [-0.2, -0.15) is 0 Å². The van der Waals surface area contributed by atoms with Gasteiger partial charge in [0.05, 0.1) is 16.1 Å². The van der Waals surface area contributed by atoms with Crippen LogP contribution in [0.4, 0.5) is 8.78 Å². The fourth-order valence-corrected chi connectivity index (χ4v) is 3.35. The molecule has 0 radical (unpaired) electrons. The van der Waals surface area contributed by atoms with Gasteiger partial charge in [-0.3, -0.25) is 4.98 Å². The van der Waals surface area contributed by atoms with Gasteiger partial charge < -0.3 is 5.11 Å². The Kier molecular flexibility index (Phi) is 4.99. The van der Waals surface area contributed by atoms with Crippen LogP contribution < -0.4 is 4.72 Å². The molecule has 1 unspecified atom stereocenters. The number of sulfonamides is 1. The zero-order valence-electron chi connectivity index (χ0n) is 10.7. The van der Waals surface area contributed by atoms with Gasteiger partial charge in [0.15, 0.2) is 0 Å². The largest absolute Gasteiger partial charge is 0.386 e. The number of benzene rings is 1. The van der Waals surface area contributed by atoms with Crippen molar-refractivity contribution in [2.75, 3.05) is 6.54 Å². The predicted molar refractivity (Wildman–Crippen MR) is 74.1 cm³/mol. The van der Waals surface area contributed by atoms with E-state index in [0.717, 1.165) is 12.1 Å². The molecule has 0 spiro atoms. The first-order valence-corrected chi connectivity index (χ1v) is 8.38. The fraction of sp³-hybridized carbons (Fsp3) is 0.250. The SMILES string of the molecule is O=S(=O)(Cc1ccc(F)cc1F)NCC(O)c1cncs1. The normalized spacial score (nSPS) is 13.3. The molecule has 0 aliphatic rings. The fourth-order valence-electron chi connectivity index (χ4n) is 1.59. The quantitative estimate of drug-likeness (QED) is 0.840. The van der Waals surface area contributed by atoms with Crippen LogP contribution in [0.1, 0.15) is 16.5 Å². The maximum atomic E-state index is 13.4. The number of nitrogens with one attached hydrogen (secondary N) is 1. The predicted octanol–water partition coefficient (Wildman–Crippen LogP) is 1.57. The second-order valence-electron chi connectivity index (χ2n) is 4.26. The van der Waals surface area contributed by atoms with E-state index in [9.17, 15) is 22.3 Å². The highest BCUT2D eigenvalue weighted by Gasteiger charge is 2.18. The van der Waals surface area contributed by atoms with Crippen molar-refractivity contribution < 1.29 is 22.3 Å². The molecule has 0 aliphatic heterocycles. The molecule has 2 rings (SSSR count). The molecular weight excluding hydrogens is 322 g/mol. The first-order valence-electron chi connectivity index (χ1n) is 5.85. The van der Waals surface area contributed by atoms with Gasteiger partial charge in [0.1, 0.15) is 17.7 Å². The Morgan fingerprint density at radius 2 is 2.14 bits per heavy atom. The molecule has 114 valence electrons. The highest BCUT2D eigenvalue weighted by atomic mass is 32.2. The molecule has 5 nitrogen and oxygen atoms in total. The Balaban J connectivity index is 1.99. The maximum absolute atomic E-state index is 13.4. The summed E-state index contributed by atoms with van der Waals surface area (Å²) in [5, 5.41) is 9.75. The third kappa shape index (κ3) is 4.53. The van der Waals surface area contributed by atoms with Crippen molar-refractivity contribution >= 4 is 21.4 Å². The Morgan fingerprint density at radius 1 is 1.38 bits per heavy atom. The molecule has 0 amide bonds. The lowest BCUT2D eigenvalue weighted by molar-refractivity contribution is 0.185. The van der Waals surface area contributed by atoms with Crippen molar-refractivity contribution in [3.8, 4) is 0 Å². The van der Waals surface area contributed by atoms with E-state index in [2.05, 4.69) is 9.71 Å². The molecule has 2 aromatic rings. The van der Waals surface area contributed by atoms with Crippen molar-refractivity contribution in [3.05, 3.63) is 52.0 Å². The van der Waals surface area contributed by atoms with Crippen LogP contribution in [-0.4, -0.2) is 25.1 Å². The van der Waals surface area contributed by atoms with Crippen LogP contribution in [0.5, 0.6) is 0 Å². The van der Waals surface area contributed by atoms with Gasteiger partial charge in [0, 0.05) is 24.4 Å². The number of nitrogens with zero attached hydrogens (tertiary/aromatic N) is 1. The summed E-state index contributed by atoms with van der Waals surface area (Å²) in [7, 11) is -3.84. The van der Waals surface area contributed by atoms with Crippen LogP contribution in [0.25, 0.3) is 0 Å². The third-order valence-electron chi connectivity index (χ3n) is 2.64. The van der Waals surface area contributed by atoms with Crippen molar-refractivity contribution in [2.45, 2.75) is 11.9 Å². The molecule has 1 aromatic heterocycles. The molecule has 0 saturated heterocycles. The topological polar surface area (TPSA) is 79.3 Å². The van der Waals surface area contributed by atoms with Crippen molar-refractivity contribution in [1.29, 1.82) is 0 Å². The lowest BCUT2D eigenvalue weighted by Crippen LogP contribution is -2.29. The summed E-state index contributed by atoms with van der Waals surface area (Å²) in [4.78, 5) is 4.29. The monoisotopic (exact) mass is 334 g/mol. The average Bonchev–Trinajstić information content (AvgIpc) is 2.93. The highest BCUT2D eigenvalue weighted by molar-refractivity contribution is 7.88. The van der Waals surface area contributed by atoms with E-state index in [1.54, 1.807) is 0 Å². The minimum atomic E-state index is -3.84. The molecule has 2 N–H and O–H groups in total. The third-order valence-corrected chi connectivity index (χ3v) is 4.81. The lowest BCUT2D eigenvalue weighted by Gasteiger charge is -2.11. The van der Waals surface area contributed by atoms with Crippen molar-refractivity contribution in [2.24, 2.45) is 0 Å². The summed E-state index contributed by atoms with van der Waals surface area (Å²) in [5.74, 6) is -2.33. The van der Waals surface area contributed by atoms with E-state index in [0.29, 0.717) is 10.9 Å². The number of hydrogen-bond donors (Lipinski definition) is 2. The number of aliphatic hydroxyl groups is 1. The molecular formula is C12H12F2N2O3S2. The summed E-state index contributed by atoms with van der Waals surface area (Å²) in [5.41, 5.74) is 1.37. The summed E-state index contributed by atoms with van der Waals surface area (Å²) in [6.07, 6.45) is 0.411. The van der Waals surface area contributed by atoms with Gasteiger partial charge in [-0.1, -0.05) is 6.07 Å². The van der Waals surface area contributed by atoms with Gasteiger partial charge in [0.2, 0.25) is 10.0 Å². The van der Waals surface area contributed by atoms with E-state index >= 15 is 0 Å². The van der Waals surface area contributed by atoms with E-state index < -0.39 is 33.5 Å². The maximum Gasteiger partial charge on any atom is 0.215 e. The zero-order valence-corrected chi connectivity index (χ0v) is 12.3. The standard InChI is InChI=1S/C12H12F2N2O3S2/c13-9-2-1-8(10(14)3-9)6-21(18,19)16-4-11(17)12-5-15-7-20-12/h1-3,5,7,11,16-17H,4,6H2. The second-order valence-corrected chi connectivity index (χ2v) is 6.99. The van der Waals surface area contributed by atoms with Gasteiger partial charge in [-0.05, 0) is 6.07 Å². The van der Waals surface area contributed by atoms with Crippen molar-refractivity contribution in [3.63, 3.8) is 0 Å². The molecule has 21 heavy (non-hydrogen) atoms. The zero-order chi connectivity index (χ0) is 15.5. The van der Waals surface area contributed by atoms with Crippen LogP contribution in [0.3, 0.4) is 0 Å². The van der Waals surface area contributed by atoms with E-state index in [1.165, 1.54) is 23.0 Å². The Bertz CT molecular complexity index is 705. The molecule has 0 saturated carbocycles. The number of rotatable bonds is 6. The Labute approximate surface area is 124 Å². The number of aromatic nitrogens is 1. The molecule has 0 bridgehead atoms. The number of halogens is 2. The minimum absolute atomic E-state index is 0.142. The van der Waals surface area contributed by atoms with E-state index in [1.807, 2.05) is 0 Å². The van der Waals surface area contributed by atoms with Gasteiger partial charge >= 0.3 is 0 Å². The van der Waals surface area contributed by atoms with Crippen LogP contribution in [-0.2, 0) is 15.8 Å². The highest BCUT2D eigenvalue weighted by Crippen LogP contribution is 2.17.